The van der Waals surface area contributed by atoms with E-state index in [2.05, 4.69) is 0 Å². The molecule has 1 atom stereocenters. The van der Waals surface area contributed by atoms with Crippen LogP contribution in [0.25, 0.3) is 0 Å². The maximum Gasteiger partial charge on any atom is 0.254 e. The van der Waals surface area contributed by atoms with Crippen molar-refractivity contribution in [2.24, 2.45) is 0 Å². The van der Waals surface area contributed by atoms with Crippen molar-refractivity contribution in [3.8, 4) is 0 Å². The predicted octanol–water partition coefficient (Wildman–Crippen LogP) is 3.65. The second kappa shape index (κ2) is 7.38. The van der Waals surface area contributed by atoms with E-state index in [0.29, 0.717) is 17.7 Å². The van der Waals surface area contributed by atoms with Crippen LogP contribution in [-0.4, -0.2) is 30.1 Å². The topological polar surface area (TPSA) is 29.5 Å². The van der Waals surface area contributed by atoms with Gasteiger partial charge in [0, 0.05) is 30.8 Å². The summed E-state index contributed by atoms with van der Waals surface area (Å²) in [4.78, 5) is 14.5. The van der Waals surface area contributed by atoms with Gasteiger partial charge in [0.05, 0.1) is 6.10 Å². The molecule has 0 bridgehead atoms. The van der Waals surface area contributed by atoms with E-state index < -0.39 is 0 Å². The molecule has 0 aromatic heterocycles. The number of hydrogen-bond acceptors (Lipinski definition) is 2. The quantitative estimate of drug-likeness (QED) is 0.843. The standard InChI is InChI=1S/C19H20FNO2/c20-18-11-5-4-9-16(18)13-21(14-17-10-6-12-23-17)19(22)15-7-2-1-3-8-15/h1-5,7-9,11,17H,6,10,12-14H2. The van der Waals surface area contributed by atoms with E-state index in [1.54, 1.807) is 35.2 Å². The highest BCUT2D eigenvalue weighted by atomic mass is 19.1. The molecule has 120 valence electrons. The number of carbonyl (C=O) groups excluding carboxylic acids is 1. The zero-order valence-corrected chi connectivity index (χ0v) is 13.0. The van der Waals surface area contributed by atoms with Crippen LogP contribution in [-0.2, 0) is 11.3 Å². The maximum absolute atomic E-state index is 14.0. The predicted molar refractivity (Wildman–Crippen MR) is 86.6 cm³/mol. The highest BCUT2D eigenvalue weighted by Crippen LogP contribution is 2.18. The molecule has 0 radical (unpaired) electrons. The third kappa shape index (κ3) is 3.96. The Morgan fingerprint density at radius 1 is 1.13 bits per heavy atom. The van der Waals surface area contributed by atoms with E-state index in [9.17, 15) is 9.18 Å². The molecule has 0 spiro atoms. The van der Waals surface area contributed by atoms with Gasteiger partial charge in [0.15, 0.2) is 0 Å². The van der Waals surface area contributed by atoms with Crippen LogP contribution < -0.4 is 0 Å². The summed E-state index contributed by atoms with van der Waals surface area (Å²) >= 11 is 0. The van der Waals surface area contributed by atoms with Crippen molar-refractivity contribution >= 4 is 5.91 Å². The van der Waals surface area contributed by atoms with Crippen molar-refractivity contribution in [2.75, 3.05) is 13.2 Å². The van der Waals surface area contributed by atoms with Crippen LogP contribution in [0.15, 0.2) is 54.6 Å². The van der Waals surface area contributed by atoms with Crippen molar-refractivity contribution in [1.82, 2.24) is 4.90 Å². The minimum absolute atomic E-state index is 0.0365. The summed E-state index contributed by atoms with van der Waals surface area (Å²) in [7, 11) is 0. The van der Waals surface area contributed by atoms with Gasteiger partial charge in [-0.05, 0) is 31.0 Å². The molecule has 2 aromatic rings. The second-order valence-electron chi connectivity index (χ2n) is 5.78. The van der Waals surface area contributed by atoms with Gasteiger partial charge in [0.25, 0.3) is 5.91 Å². The Hall–Kier alpha value is -2.20. The Balaban J connectivity index is 1.81. The Bertz CT molecular complexity index is 653. The average Bonchev–Trinajstić information content (AvgIpc) is 3.09. The van der Waals surface area contributed by atoms with Gasteiger partial charge < -0.3 is 9.64 Å². The molecule has 1 fully saturated rings. The molecule has 0 N–H and O–H groups in total. The summed E-state index contributed by atoms with van der Waals surface area (Å²) in [6, 6.07) is 15.7. The fourth-order valence-corrected chi connectivity index (χ4v) is 2.85. The number of rotatable bonds is 5. The maximum atomic E-state index is 14.0. The molecule has 1 saturated heterocycles. The van der Waals surface area contributed by atoms with Crippen molar-refractivity contribution in [3.63, 3.8) is 0 Å². The zero-order valence-electron chi connectivity index (χ0n) is 13.0. The smallest absolute Gasteiger partial charge is 0.254 e. The first-order valence-electron chi connectivity index (χ1n) is 7.93. The number of hydrogen-bond donors (Lipinski definition) is 0. The number of benzene rings is 2. The van der Waals surface area contributed by atoms with E-state index in [-0.39, 0.29) is 24.4 Å². The first-order valence-corrected chi connectivity index (χ1v) is 7.93. The monoisotopic (exact) mass is 313 g/mol. The van der Waals surface area contributed by atoms with E-state index in [1.807, 2.05) is 18.2 Å². The Kier molecular flexibility index (Phi) is 5.03. The summed E-state index contributed by atoms with van der Waals surface area (Å²) in [6.07, 6.45) is 1.99. The van der Waals surface area contributed by atoms with Gasteiger partial charge in [-0.15, -0.1) is 0 Å². The number of ether oxygens (including phenoxy) is 1. The zero-order chi connectivity index (χ0) is 16.1. The molecule has 3 rings (SSSR count). The van der Waals surface area contributed by atoms with Crippen LogP contribution >= 0.6 is 0 Å². The lowest BCUT2D eigenvalue weighted by Crippen LogP contribution is -2.37. The fraction of sp³-hybridized carbons (Fsp3) is 0.316. The highest BCUT2D eigenvalue weighted by molar-refractivity contribution is 5.94. The van der Waals surface area contributed by atoms with E-state index in [4.69, 9.17) is 4.74 Å². The number of nitrogens with zero attached hydrogens (tertiary/aromatic N) is 1. The van der Waals surface area contributed by atoms with Gasteiger partial charge in [-0.2, -0.15) is 0 Å². The molecule has 23 heavy (non-hydrogen) atoms. The van der Waals surface area contributed by atoms with E-state index in [0.717, 1.165) is 19.4 Å². The van der Waals surface area contributed by atoms with Crippen LogP contribution in [0.5, 0.6) is 0 Å². The lowest BCUT2D eigenvalue weighted by molar-refractivity contribution is 0.0505. The first-order chi connectivity index (χ1) is 11.2. The Morgan fingerprint density at radius 3 is 2.57 bits per heavy atom. The van der Waals surface area contributed by atoms with Gasteiger partial charge in [-0.3, -0.25) is 4.79 Å². The Labute approximate surface area is 135 Å². The molecule has 1 amide bonds. The summed E-state index contributed by atoms with van der Waals surface area (Å²) in [5.41, 5.74) is 1.14. The summed E-state index contributed by atoms with van der Waals surface area (Å²) in [6.45, 7) is 1.47. The van der Waals surface area contributed by atoms with Gasteiger partial charge in [0.1, 0.15) is 5.82 Å². The van der Waals surface area contributed by atoms with Crippen molar-refractivity contribution in [3.05, 3.63) is 71.5 Å². The molecular formula is C19H20FNO2. The van der Waals surface area contributed by atoms with Gasteiger partial charge >= 0.3 is 0 Å². The molecule has 1 aliphatic rings. The lowest BCUT2D eigenvalue weighted by atomic mass is 10.1. The molecule has 0 saturated carbocycles. The van der Waals surface area contributed by atoms with Crippen LogP contribution in [0.3, 0.4) is 0 Å². The number of carbonyl (C=O) groups is 1. The normalized spacial score (nSPS) is 17.2. The summed E-state index contributed by atoms with van der Waals surface area (Å²) in [5.74, 6) is -0.380. The third-order valence-corrected chi connectivity index (χ3v) is 4.08. The largest absolute Gasteiger partial charge is 0.376 e. The van der Waals surface area contributed by atoms with Gasteiger partial charge in [-0.25, -0.2) is 4.39 Å². The molecule has 1 aliphatic heterocycles. The van der Waals surface area contributed by atoms with Crippen LogP contribution in [0.4, 0.5) is 4.39 Å². The summed E-state index contributed by atoms with van der Waals surface area (Å²) < 4.78 is 19.6. The molecule has 3 nitrogen and oxygen atoms in total. The SMILES string of the molecule is O=C(c1ccccc1)N(Cc1ccccc1F)CC1CCCO1. The molecular weight excluding hydrogens is 293 g/mol. The minimum Gasteiger partial charge on any atom is -0.376 e. The Morgan fingerprint density at radius 2 is 1.87 bits per heavy atom. The molecule has 1 unspecified atom stereocenters. The van der Waals surface area contributed by atoms with Gasteiger partial charge in [0.2, 0.25) is 0 Å². The molecule has 1 heterocycles. The average molecular weight is 313 g/mol. The van der Waals surface area contributed by atoms with E-state index in [1.165, 1.54) is 6.07 Å². The van der Waals surface area contributed by atoms with Crippen LogP contribution in [0.1, 0.15) is 28.8 Å². The third-order valence-electron chi connectivity index (χ3n) is 4.08. The molecule has 4 heteroatoms. The fourth-order valence-electron chi connectivity index (χ4n) is 2.85. The first kappa shape index (κ1) is 15.7. The lowest BCUT2D eigenvalue weighted by Gasteiger charge is -2.26. The summed E-state index contributed by atoms with van der Waals surface area (Å²) in [5, 5.41) is 0. The second-order valence-corrected chi connectivity index (χ2v) is 5.78. The van der Waals surface area contributed by atoms with Crippen molar-refractivity contribution in [2.45, 2.75) is 25.5 Å². The van der Waals surface area contributed by atoms with Crippen LogP contribution in [0, 0.1) is 5.82 Å². The van der Waals surface area contributed by atoms with Gasteiger partial charge in [-0.1, -0.05) is 36.4 Å². The number of halogens is 1. The van der Waals surface area contributed by atoms with Crippen molar-refractivity contribution < 1.29 is 13.9 Å². The van der Waals surface area contributed by atoms with Crippen LogP contribution in [0.2, 0.25) is 0 Å². The minimum atomic E-state index is -0.286. The van der Waals surface area contributed by atoms with E-state index >= 15 is 0 Å². The molecule has 0 aliphatic carbocycles. The molecule has 2 aromatic carbocycles. The highest BCUT2D eigenvalue weighted by Gasteiger charge is 2.24. The van der Waals surface area contributed by atoms with Crippen molar-refractivity contribution in [1.29, 1.82) is 0 Å². The number of amides is 1.